The summed E-state index contributed by atoms with van der Waals surface area (Å²) in [4.78, 5) is 29.1. The molecule has 2 amide bonds. The summed E-state index contributed by atoms with van der Waals surface area (Å²) in [7, 11) is 1.76. The topological polar surface area (TPSA) is 52.7 Å². The van der Waals surface area contributed by atoms with E-state index < -0.39 is 5.92 Å². The van der Waals surface area contributed by atoms with Gasteiger partial charge in [-0.15, -0.1) is 0 Å². The van der Waals surface area contributed by atoms with Gasteiger partial charge in [0.2, 0.25) is 11.8 Å². The van der Waals surface area contributed by atoms with Crippen molar-refractivity contribution in [1.29, 1.82) is 0 Å². The Morgan fingerprint density at radius 1 is 1.04 bits per heavy atom. The average molecular weight is 349 g/mol. The van der Waals surface area contributed by atoms with E-state index in [1.807, 2.05) is 36.4 Å². The number of hydrogen-bond acceptors (Lipinski definition) is 3. The number of carbonyl (C=O) groups excluding carboxylic acids is 2. The van der Waals surface area contributed by atoms with Crippen molar-refractivity contribution < 1.29 is 9.59 Å². The summed E-state index contributed by atoms with van der Waals surface area (Å²) in [6.45, 7) is 2.19. The first-order valence-corrected chi connectivity index (χ1v) is 9.15. The lowest BCUT2D eigenvalue weighted by Crippen LogP contribution is -2.37. The quantitative estimate of drug-likeness (QED) is 0.924. The van der Waals surface area contributed by atoms with E-state index in [0.29, 0.717) is 0 Å². The molecule has 0 saturated carbocycles. The monoisotopic (exact) mass is 349 g/mol. The molecule has 5 nitrogen and oxygen atoms in total. The third kappa shape index (κ3) is 3.05. The number of nitrogens with zero attached hydrogens (tertiary/aromatic N) is 2. The molecule has 2 aliphatic heterocycles. The molecule has 0 aromatic heterocycles. The van der Waals surface area contributed by atoms with E-state index in [-0.39, 0.29) is 18.2 Å². The van der Waals surface area contributed by atoms with Gasteiger partial charge >= 0.3 is 0 Å². The Labute approximate surface area is 153 Å². The lowest BCUT2D eigenvalue weighted by atomic mass is 9.89. The lowest BCUT2D eigenvalue weighted by molar-refractivity contribution is -0.124. The Hall–Kier alpha value is -2.82. The molecule has 0 radical (unpaired) electrons. The van der Waals surface area contributed by atoms with Gasteiger partial charge in [0.15, 0.2) is 0 Å². The maximum Gasteiger partial charge on any atom is 0.232 e. The first-order valence-electron chi connectivity index (χ1n) is 9.15. The molecule has 2 aromatic carbocycles. The van der Waals surface area contributed by atoms with Crippen molar-refractivity contribution in [2.45, 2.75) is 25.2 Å². The van der Waals surface area contributed by atoms with Crippen LogP contribution in [0.3, 0.4) is 0 Å². The van der Waals surface area contributed by atoms with Gasteiger partial charge in [0, 0.05) is 43.6 Å². The zero-order valence-electron chi connectivity index (χ0n) is 14.9. The molecule has 26 heavy (non-hydrogen) atoms. The van der Waals surface area contributed by atoms with Gasteiger partial charge in [-0.3, -0.25) is 9.59 Å². The van der Waals surface area contributed by atoms with Crippen molar-refractivity contribution in [3.63, 3.8) is 0 Å². The molecule has 0 spiro atoms. The summed E-state index contributed by atoms with van der Waals surface area (Å²) in [6, 6.07) is 15.6. The maximum atomic E-state index is 12.8. The van der Waals surface area contributed by atoms with Crippen LogP contribution in [0.1, 0.15) is 30.7 Å². The van der Waals surface area contributed by atoms with Crippen LogP contribution < -0.4 is 15.1 Å². The highest BCUT2D eigenvalue weighted by Gasteiger charge is 2.33. The number of para-hydroxylation sites is 1. The number of benzene rings is 2. The van der Waals surface area contributed by atoms with Crippen LogP contribution in [0, 0.1) is 0 Å². The summed E-state index contributed by atoms with van der Waals surface area (Å²) < 4.78 is 0. The highest BCUT2D eigenvalue weighted by molar-refractivity contribution is 6.05. The first-order chi connectivity index (χ1) is 12.6. The number of amides is 2. The predicted molar refractivity (Wildman–Crippen MR) is 104 cm³/mol. The molecule has 1 N–H and O–H groups in total. The Morgan fingerprint density at radius 2 is 1.73 bits per heavy atom. The van der Waals surface area contributed by atoms with E-state index in [1.165, 1.54) is 18.5 Å². The highest BCUT2D eigenvalue weighted by atomic mass is 16.2. The predicted octanol–water partition coefficient (Wildman–Crippen LogP) is 3.38. The normalized spacial score (nSPS) is 19.4. The fourth-order valence-electron chi connectivity index (χ4n) is 3.84. The molecule has 4 rings (SSSR count). The van der Waals surface area contributed by atoms with Gasteiger partial charge in [-0.25, -0.2) is 0 Å². The van der Waals surface area contributed by atoms with E-state index in [0.717, 1.165) is 30.0 Å². The number of carbonyl (C=O) groups is 2. The molecule has 1 fully saturated rings. The lowest BCUT2D eigenvalue weighted by Gasteiger charge is -2.30. The largest absolute Gasteiger partial charge is 0.372 e. The Balaban J connectivity index is 1.51. The van der Waals surface area contributed by atoms with Gasteiger partial charge in [-0.05, 0) is 48.7 Å². The van der Waals surface area contributed by atoms with Gasteiger partial charge in [-0.2, -0.15) is 0 Å². The van der Waals surface area contributed by atoms with Crippen molar-refractivity contribution in [3.05, 3.63) is 54.1 Å². The molecule has 0 bridgehead atoms. The SMILES string of the molecule is CN1C(=O)CC(C(=O)Nc2ccc(N3CCCC3)cc2)c2ccccc21. The van der Waals surface area contributed by atoms with Crippen LogP contribution in [0.5, 0.6) is 0 Å². The van der Waals surface area contributed by atoms with Crippen molar-refractivity contribution in [2.24, 2.45) is 0 Å². The number of hydrogen-bond donors (Lipinski definition) is 1. The van der Waals surface area contributed by atoms with Gasteiger partial charge in [-0.1, -0.05) is 18.2 Å². The van der Waals surface area contributed by atoms with Gasteiger partial charge < -0.3 is 15.1 Å². The molecule has 2 aromatic rings. The number of rotatable bonds is 3. The maximum absolute atomic E-state index is 12.8. The minimum absolute atomic E-state index is 0.0340. The van der Waals surface area contributed by atoms with Crippen LogP contribution in [-0.4, -0.2) is 32.0 Å². The molecular formula is C21H23N3O2. The Bertz CT molecular complexity index is 825. The fourth-order valence-corrected chi connectivity index (χ4v) is 3.84. The van der Waals surface area contributed by atoms with E-state index in [4.69, 9.17) is 0 Å². The molecule has 134 valence electrons. The second-order valence-corrected chi connectivity index (χ2v) is 7.00. The van der Waals surface area contributed by atoms with Crippen LogP contribution >= 0.6 is 0 Å². The number of anilines is 3. The third-order valence-electron chi connectivity index (χ3n) is 5.35. The summed E-state index contributed by atoms with van der Waals surface area (Å²) in [5.41, 5.74) is 3.68. The van der Waals surface area contributed by atoms with Crippen LogP contribution in [-0.2, 0) is 9.59 Å². The van der Waals surface area contributed by atoms with Crippen molar-refractivity contribution in [3.8, 4) is 0 Å². The average Bonchev–Trinajstić information content (AvgIpc) is 3.20. The fraction of sp³-hybridized carbons (Fsp3) is 0.333. The second-order valence-electron chi connectivity index (χ2n) is 7.00. The van der Waals surface area contributed by atoms with Crippen LogP contribution in [0.15, 0.2) is 48.5 Å². The molecular weight excluding hydrogens is 326 g/mol. The van der Waals surface area contributed by atoms with Gasteiger partial charge in [0.25, 0.3) is 0 Å². The van der Waals surface area contributed by atoms with Gasteiger partial charge in [0.05, 0.1) is 5.92 Å². The van der Waals surface area contributed by atoms with E-state index in [9.17, 15) is 9.59 Å². The van der Waals surface area contributed by atoms with Crippen molar-refractivity contribution in [2.75, 3.05) is 35.3 Å². The molecule has 1 unspecified atom stereocenters. The second kappa shape index (κ2) is 6.83. The molecule has 2 heterocycles. The van der Waals surface area contributed by atoms with Crippen molar-refractivity contribution >= 4 is 28.9 Å². The number of fused-ring (bicyclic) bond motifs is 1. The Kier molecular flexibility index (Phi) is 4.37. The van der Waals surface area contributed by atoms with Crippen molar-refractivity contribution in [1.82, 2.24) is 0 Å². The van der Waals surface area contributed by atoms with Crippen LogP contribution in [0.25, 0.3) is 0 Å². The molecule has 5 heteroatoms. The van der Waals surface area contributed by atoms with E-state index in [1.54, 1.807) is 11.9 Å². The summed E-state index contributed by atoms with van der Waals surface area (Å²) in [6.07, 6.45) is 2.68. The van der Waals surface area contributed by atoms with Crippen LogP contribution in [0.4, 0.5) is 17.1 Å². The minimum atomic E-state index is -0.451. The van der Waals surface area contributed by atoms with Gasteiger partial charge in [0.1, 0.15) is 0 Å². The van der Waals surface area contributed by atoms with E-state index in [2.05, 4.69) is 22.3 Å². The standard InChI is InChI=1S/C21H23N3O2/c1-23-19-7-3-2-6-17(19)18(14-20(23)25)21(26)22-15-8-10-16(11-9-15)24-12-4-5-13-24/h2-3,6-11,18H,4-5,12-14H2,1H3,(H,22,26). The van der Waals surface area contributed by atoms with Crippen LogP contribution in [0.2, 0.25) is 0 Å². The third-order valence-corrected chi connectivity index (χ3v) is 5.35. The summed E-state index contributed by atoms with van der Waals surface area (Å²) in [5, 5.41) is 2.98. The molecule has 1 saturated heterocycles. The molecule has 0 aliphatic carbocycles. The minimum Gasteiger partial charge on any atom is -0.372 e. The molecule has 1 atom stereocenters. The van der Waals surface area contributed by atoms with E-state index >= 15 is 0 Å². The summed E-state index contributed by atoms with van der Waals surface area (Å²) in [5.74, 6) is -0.616. The molecule has 2 aliphatic rings. The zero-order valence-corrected chi connectivity index (χ0v) is 14.9. The summed E-state index contributed by atoms with van der Waals surface area (Å²) >= 11 is 0. The zero-order chi connectivity index (χ0) is 18.1. The highest BCUT2D eigenvalue weighted by Crippen LogP contribution is 2.35. The Morgan fingerprint density at radius 3 is 2.46 bits per heavy atom. The number of nitrogens with one attached hydrogen (secondary N) is 1. The first kappa shape index (κ1) is 16.6. The smallest absolute Gasteiger partial charge is 0.232 e.